The minimum Gasteiger partial charge on any atom is -0.462 e. The Morgan fingerprint density at radius 2 is 2.05 bits per heavy atom. The molecule has 0 spiro atoms. The minimum absolute atomic E-state index is 0.0281. The highest BCUT2D eigenvalue weighted by Gasteiger charge is 2.19. The molecule has 2 aromatic carbocycles. The molecule has 3 heterocycles. The van der Waals surface area contributed by atoms with Gasteiger partial charge in [0, 0.05) is 42.7 Å². The number of aliphatic hydroxyl groups is 1. The van der Waals surface area contributed by atoms with Crippen molar-refractivity contribution in [1.29, 1.82) is 0 Å². The lowest BCUT2D eigenvalue weighted by Gasteiger charge is -2.21. The Kier molecular flexibility index (Phi) is 6.88. The number of halogens is 1. The van der Waals surface area contributed by atoms with Crippen molar-refractivity contribution in [3.63, 3.8) is 0 Å². The molecule has 0 saturated carbocycles. The van der Waals surface area contributed by atoms with E-state index >= 15 is 4.39 Å². The second-order valence-electron chi connectivity index (χ2n) is 9.61. The molecular weight excluding hydrogens is 501 g/mol. The monoisotopic (exact) mass is 529 g/mol. The predicted octanol–water partition coefficient (Wildman–Crippen LogP) is 3.99. The molecule has 2 N–H and O–H groups in total. The summed E-state index contributed by atoms with van der Waals surface area (Å²) in [7, 11) is 1.61. The summed E-state index contributed by atoms with van der Waals surface area (Å²) in [5, 5.41) is 17.9. The maximum atomic E-state index is 15.0. The Morgan fingerprint density at radius 1 is 1.26 bits per heavy atom. The third-order valence-corrected chi connectivity index (χ3v) is 6.71. The van der Waals surface area contributed by atoms with Gasteiger partial charge in [0.2, 0.25) is 0 Å². The highest BCUT2D eigenvalue weighted by atomic mass is 19.1. The smallest absolute Gasteiger partial charge is 0.289 e. The van der Waals surface area contributed by atoms with Crippen LogP contribution in [0.3, 0.4) is 0 Å². The molecule has 1 aliphatic heterocycles. The molecule has 0 saturated heterocycles. The van der Waals surface area contributed by atoms with Crippen molar-refractivity contribution in [2.45, 2.75) is 33.0 Å². The minimum atomic E-state index is -0.677. The van der Waals surface area contributed by atoms with Gasteiger partial charge >= 0.3 is 0 Å². The van der Waals surface area contributed by atoms with Gasteiger partial charge in [-0.1, -0.05) is 24.3 Å². The van der Waals surface area contributed by atoms with E-state index in [1.165, 1.54) is 16.8 Å². The second kappa shape index (κ2) is 10.3. The first-order chi connectivity index (χ1) is 18.7. The first-order valence-electron chi connectivity index (χ1n) is 12.5. The predicted molar refractivity (Wildman–Crippen MR) is 150 cm³/mol. The summed E-state index contributed by atoms with van der Waals surface area (Å²) in [4.78, 5) is 30.6. The van der Waals surface area contributed by atoms with Crippen LogP contribution in [0.4, 0.5) is 10.1 Å². The molecule has 1 atom stereocenters. The van der Waals surface area contributed by atoms with Crippen LogP contribution in [-0.4, -0.2) is 38.1 Å². The molecule has 39 heavy (non-hydrogen) atoms. The number of rotatable bonds is 5. The van der Waals surface area contributed by atoms with Crippen molar-refractivity contribution in [3.05, 3.63) is 93.0 Å². The van der Waals surface area contributed by atoms with Crippen molar-refractivity contribution >= 4 is 28.1 Å². The maximum Gasteiger partial charge on any atom is 0.289 e. The van der Waals surface area contributed by atoms with Crippen LogP contribution in [0.1, 0.15) is 31.4 Å². The van der Waals surface area contributed by atoms with Gasteiger partial charge in [0.15, 0.2) is 0 Å². The molecule has 0 radical (unpaired) electrons. The first-order valence-corrected chi connectivity index (χ1v) is 12.5. The van der Waals surface area contributed by atoms with Crippen molar-refractivity contribution in [3.8, 4) is 16.8 Å². The van der Waals surface area contributed by atoms with Gasteiger partial charge in [0.05, 0.1) is 23.9 Å². The van der Waals surface area contributed by atoms with E-state index in [0.717, 1.165) is 11.1 Å². The van der Waals surface area contributed by atoms with E-state index in [4.69, 9.17) is 4.74 Å². The quantitative estimate of drug-likeness (QED) is 0.405. The Hall–Kier alpha value is -4.57. The molecule has 0 amide bonds. The zero-order valence-electron chi connectivity index (χ0n) is 21.9. The average Bonchev–Trinajstić information content (AvgIpc) is 2.90. The lowest BCUT2D eigenvalue weighted by atomic mass is 9.99. The van der Waals surface area contributed by atoms with E-state index in [1.807, 2.05) is 6.92 Å². The lowest BCUT2D eigenvalue weighted by molar-refractivity contribution is 0.185. The summed E-state index contributed by atoms with van der Waals surface area (Å²) < 4.78 is 23.2. The summed E-state index contributed by atoms with van der Waals surface area (Å²) in [6, 6.07) is 9.95. The summed E-state index contributed by atoms with van der Waals surface area (Å²) in [5.74, 6) is -0.677. The Bertz CT molecular complexity index is 1770. The van der Waals surface area contributed by atoms with E-state index in [1.54, 1.807) is 50.5 Å². The fraction of sp³-hybridized carbons (Fsp3) is 0.241. The van der Waals surface area contributed by atoms with Gasteiger partial charge in [-0.15, -0.1) is 0 Å². The van der Waals surface area contributed by atoms with E-state index in [-0.39, 0.29) is 28.8 Å². The van der Waals surface area contributed by atoms with Crippen LogP contribution in [0.5, 0.6) is 0 Å². The van der Waals surface area contributed by atoms with E-state index in [2.05, 4.69) is 22.0 Å². The number of amidine groups is 1. The van der Waals surface area contributed by atoms with Gasteiger partial charge in [0.1, 0.15) is 17.6 Å². The molecule has 9 nitrogen and oxygen atoms in total. The zero-order valence-corrected chi connectivity index (χ0v) is 21.9. The molecule has 10 heteroatoms. The van der Waals surface area contributed by atoms with Crippen LogP contribution < -0.4 is 16.4 Å². The molecule has 1 aliphatic rings. The molecule has 1 unspecified atom stereocenters. The number of fused-ring (bicyclic) bond motifs is 1. The summed E-state index contributed by atoms with van der Waals surface area (Å²) in [5.41, 5.74) is 2.39. The molecule has 4 aromatic rings. The largest absolute Gasteiger partial charge is 0.462 e. The Labute approximate surface area is 223 Å². The van der Waals surface area contributed by atoms with Crippen LogP contribution in [-0.2, 0) is 18.4 Å². The summed E-state index contributed by atoms with van der Waals surface area (Å²) in [6.07, 6.45) is 3.81. The fourth-order valence-electron chi connectivity index (χ4n) is 4.63. The number of pyridine rings is 1. The molecule has 0 bridgehead atoms. The third-order valence-electron chi connectivity index (χ3n) is 6.71. The Morgan fingerprint density at radius 3 is 2.77 bits per heavy atom. The van der Waals surface area contributed by atoms with E-state index in [0.29, 0.717) is 45.4 Å². The number of aryl methyl sites for hydroxylation is 1. The normalized spacial score (nSPS) is 15.1. The van der Waals surface area contributed by atoms with Crippen LogP contribution >= 0.6 is 0 Å². The molecular formula is C29H28FN5O4. The number of hydrogen-bond donors (Lipinski definition) is 2. The number of nitrogens with zero attached hydrogens (tertiary/aromatic N) is 4. The van der Waals surface area contributed by atoms with Crippen molar-refractivity contribution in [2.24, 2.45) is 12.0 Å². The molecule has 200 valence electrons. The Balaban J connectivity index is 1.64. The SMILES string of the molecule is C=C(C)c1cc(F)c2c(=O)n(-c3cccc(-c4cc(NC5=NCCC(C)O5)c(=O)n(C)c4)c3CO)ncc2c1. The number of ether oxygens (including phenoxy) is 1. The molecule has 0 aliphatic carbocycles. The zero-order chi connectivity index (χ0) is 27.8. The van der Waals surface area contributed by atoms with Crippen molar-refractivity contribution in [2.75, 3.05) is 11.9 Å². The number of aliphatic imine (C=N–C) groups is 1. The van der Waals surface area contributed by atoms with Crippen LogP contribution in [0.25, 0.3) is 33.2 Å². The van der Waals surface area contributed by atoms with Gasteiger partial charge in [-0.25, -0.2) is 9.38 Å². The number of aromatic nitrogens is 3. The number of allylic oxidation sites excluding steroid dienone is 1. The molecule has 2 aromatic heterocycles. The van der Waals surface area contributed by atoms with Crippen LogP contribution in [0.2, 0.25) is 0 Å². The maximum absolute atomic E-state index is 15.0. The van der Waals surface area contributed by atoms with Crippen molar-refractivity contribution < 1.29 is 14.2 Å². The van der Waals surface area contributed by atoms with Gasteiger partial charge in [0.25, 0.3) is 17.1 Å². The van der Waals surface area contributed by atoms with E-state index in [9.17, 15) is 14.7 Å². The van der Waals surface area contributed by atoms with Gasteiger partial charge in [-0.05, 0) is 49.2 Å². The topological polar surface area (TPSA) is 111 Å². The molecule has 0 fully saturated rings. The highest BCUT2D eigenvalue weighted by Crippen LogP contribution is 2.29. The van der Waals surface area contributed by atoms with Gasteiger partial charge in [-0.2, -0.15) is 9.78 Å². The number of aliphatic hydroxyl groups excluding tert-OH is 1. The van der Waals surface area contributed by atoms with Crippen molar-refractivity contribution in [1.82, 2.24) is 14.3 Å². The number of benzene rings is 2. The average molecular weight is 530 g/mol. The highest BCUT2D eigenvalue weighted by molar-refractivity contribution is 5.90. The summed E-state index contributed by atoms with van der Waals surface area (Å²) in [6.45, 7) is 7.67. The first kappa shape index (κ1) is 26.1. The summed E-state index contributed by atoms with van der Waals surface area (Å²) >= 11 is 0. The second-order valence-corrected chi connectivity index (χ2v) is 9.61. The van der Waals surface area contributed by atoms with Gasteiger partial charge in [-0.3, -0.25) is 9.59 Å². The number of hydrogen-bond acceptors (Lipinski definition) is 7. The molecule has 5 rings (SSSR count). The fourth-order valence-corrected chi connectivity index (χ4v) is 4.63. The lowest BCUT2D eigenvalue weighted by Crippen LogP contribution is -2.30. The van der Waals surface area contributed by atoms with E-state index < -0.39 is 18.0 Å². The number of nitrogens with one attached hydrogen (secondary N) is 1. The standard InChI is InChI=1S/C29H28FN5O4/c1-16(2)18-10-19-13-32-35(28(38)26(19)23(30)11-18)25-7-5-6-21(22(25)15-36)20-12-24(27(37)34(4)14-20)33-29-31-9-8-17(3)39-29/h5-7,10-14,17,36H,1,8-9,15H2,2-4H3,(H,31,33). The van der Waals surface area contributed by atoms with Crippen LogP contribution in [0.15, 0.2) is 70.0 Å². The number of anilines is 1. The van der Waals surface area contributed by atoms with Crippen LogP contribution in [0, 0.1) is 5.82 Å². The van der Waals surface area contributed by atoms with Gasteiger partial charge < -0.3 is 19.7 Å². The third kappa shape index (κ3) is 4.86.